The van der Waals surface area contributed by atoms with E-state index in [9.17, 15) is 4.79 Å². The van der Waals surface area contributed by atoms with Crippen LogP contribution in [0.4, 0.5) is 5.69 Å². The van der Waals surface area contributed by atoms with Crippen LogP contribution in [-0.4, -0.2) is 32.4 Å². The van der Waals surface area contributed by atoms with E-state index in [0.29, 0.717) is 18.3 Å². The molecule has 0 N–H and O–H groups in total. The van der Waals surface area contributed by atoms with Gasteiger partial charge in [-0.25, -0.2) is 0 Å². The van der Waals surface area contributed by atoms with E-state index in [0.717, 1.165) is 17.7 Å². The van der Waals surface area contributed by atoms with Crippen molar-refractivity contribution in [3.8, 4) is 0 Å². The van der Waals surface area contributed by atoms with E-state index in [4.69, 9.17) is 4.42 Å². The van der Waals surface area contributed by atoms with Crippen LogP contribution in [-0.2, 0) is 17.6 Å². The number of benzene rings is 1. The van der Waals surface area contributed by atoms with Gasteiger partial charge < -0.3 is 9.32 Å². The molecule has 122 valence electrons. The lowest BCUT2D eigenvalue weighted by Gasteiger charge is -2.34. The highest BCUT2D eigenvalue weighted by Gasteiger charge is 2.30. The molecule has 1 aliphatic rings. The average Bonchev–Trinajstić information content (AvgIpc) is 3.25. The number of carbonyl (C=O) groups excluding carboxylic acids is 1. The Morgan fingerprint density at radius 3 is 2.92 bits per heavy atom. The van der Waals surface area contributed by atoms with Gasteiger partial charge in [0.15, 0.2) is 0 Å². The number of nitrogens with zero attached hydrogens (tertiary/aromatic N) is 5. The maximum atomic E-state index is 12.8. The Morgan fingerprint density at radius 2 is 2.17 bits per heavy atom. The number of carbonyl (C=O) groups is 1. The fourth-order valence-corrected chi connectivity index (χ4v) is 3.12. The molecule has 0 spiro atoms. The predicted octanol–water partition coefficient (Wildman–Crippen LogP) is 1.95. The summed E-state index contributed by atoms with van der Waals surface area (Å²) >= 11 is 0. The first-order chi connectivity index (χ1) is 11.7. The zero-order valence-electron chi connectivity index (χ0n) is 13.3. The zero-order valence-corrected chi connectivity index (χ0v) is 13.3. The van der Waals surface area contributed by atoms with Crippen LogP contribution in [0.1, 0.15) is 23.4 Å². The smallest absolute Gasteiger partial charge is 0.236 e. The van der Waals surface area contributed by atoms with E-state index in [2.05, 4.69) is 21.4 Å². The van der Waals surface area contributed by atoms with Crippen LogP contribution in [0.25, 0.3) is 0 Å². The van der Waals surface area contributed by atoms with Crippen molar-refractivity contribution < 1.29 is 9.21 Å². The normalized spacial score (nSPS) is 16.9. The van der Waals surface area contributed by atoms with Crippen LogP contribution in [0.3, 0.4) is 0 Å². The molecule has 0 fully saturated rings. The van der Waals surface area contributed by atoms with Gasteiger partial charge in [0.05, 0.1) is 6.04 Å². The molecule has 0 aliphatic carbocycles. The molecule has 1 atom stereocenters. The maximum absolute atomic E-state index is 12.8. The Kier molecular flexibility index (Phi) is 3.60. The highest BCUT2D eigenvalue weighted by Crippen LogP contribution is 2.31. The standard InChI is InChI=1S/C17H17N5O2/c1-12-19-20-16(24-12)10-17(23)21-11-14(22-8-4-7-18-22)9-13-5-2-3-6-15(13)21/h2-8,14H,9-11H2,1H3. The van der Waals surface area contributed by atoms with Gasteiger partial charge in [0.2, 0.25) is 17.7 Å². The lowest BCUT2D eigenvalue weighted by Crippen LogP contribution is -2.41. The van der Waals surface area contributed by atoms with Crippen molar-refractivity contribution >= 4 is 11.6 Å². The lowest BCUT2D eigenvalue weighted by molar-refractivity contribution is -0.118. The quantitative estimate of drug-likeness (QED) is 0.736. The molecule has 0 bridgehead atoms. The summed E-state index contributed by atoms with van der Waals surface area (Å²) in [6, 6.07) is 9.99. The SMILES string of the molecule is Cc1nnc(CC(=O)N2CC(n3cccn3)Cc3ccccc32)o1. The molecule has 4 rings (SSSR count). The monoisotopic (exact) mass is 323 g/mol. The molecule has 1 aliphatic heterocycles. The van der Waals surface area contributed by atoms with Gasteiger partial charge in [-0.15, -0.1) is 10.2 Å². The summed E-state index contributed by atoms with van der Waals surface area (Å²) in [7, 11) is 0. The van der Waals surface area contributed by atoms with Crippen LogP contribution in [0.2, 0.25) is 0 Å². The van der Waals surface area contributed by atoms with Crippen molar-refractivity contribution in [2.24, 2.45) is 0 Å². The van der Waals surface area contributed by atoms with Gasteiger partial charge in [0.1, 0.15) is 6.42 Å². The Hall–Kier alpha value is -2.96. The minimum absolute atomic E-state index is 0.0528. The highest BCUT2D eigenvalue weighted by atomic mass is 16.4. The summed E-state index contributed by atoms with van der Waals surface area (Å²) in [6.45, 7) is 2.29. The lowest BCUT2D eigenvalue weighted by atomic mass is 9.97. The van der Waals surface area contributed by atoms with Gasteiger partial charge in [-0.2, -0.15) is 5.10 Å². The van der Waals surface area contributed by atoms with Gasteiger partial charge in [-0.1, -0.05) is 18.2 Å². The van der Waals surface area contributed by atoms with E-state index in [1.165, 1.54) is 0 Å². The molecule has 0 radical (unpaired) electrons. The molecule has 24 heavy (non-hydrogen) atoms. The van der Waals surface area contributed by atoms with Crippen LogP contribution in [0.5, 0.6) is 0 Å². The van der Waals surface area contributed by atoms with Crippen LogP contribution < -0.4 is 4.90 Å². The summed E-state index contributed by atoms with van der Waals surface area (Å²) in [5.74, 6) is 0.755. The third-order valence-electron chi connectivity index (χ3n) is 4.20. The number of rotatable bonds is 3. The summed E-state index contributed by atoms with van der Waals surface area (Å²) in [5, 5.41) is 12.0. The number of para-hydroxylation sites is 1. The molecule has 1 aromatic carbocycles. The zero-order chi connectivity index (χ0) is 16.5. The molecule has 3 heterocycles. The molecular formula is C17H17N5O2. The molecule has 3 aromatic rings. The van der Waals surface area contributed by atoms with Crippen molar-refractivity contribution in [3.05, 3.63) is 60.1 Å². The topological polar surface area (TPSA) is 77.1 Å². The number of aryl methyl sites for hydroxylation is 1. The summed E-state index contributed by atoms with van der Waals surface area (Å²) in [4.78, 5) is 14.6. The van der Waals surface area contributed by atoms with E-state index in [1.54, 1.807) is 18.0 Å². The third kappa shape index (κ3) is 2.68. The fraction of sp³-hybridized carbons (Fsp3) is 0.294. The van der Waals surface area contributed by atoms with E-state index in [-0.39, 0.29) is 18.4 Å². The van der Waals surface area contributed by atoms with Crippen LogP contribution in [0, 0.1) is 6.92 Å². The second-order valence-corrected chi connectivity index (χ2v) is 5.87. The van der Waals surface area contributed by atoms with Gasteiger partial charge in [0, 0.05) is 31.5 Å². The summed E-state index contributed by atoms with van der Waals surface area (Å²) in [5.41, 5.74) is 2.08. The van der Waals surface area contributed by atoms with Crippen molar-refractivity contribution in [1.29, 1.82) is 0 Å². The largest absolute Gasteiger partial charge is 0.425 e. The molecule has 7 nitrogen and oxygen atoms in total. The number of aromatic nitrogens is 4. The number of anilines is 1. The number of amides is 1. The average molecular weight is 323 g/mol. The molecule has 0 saturated heterocycles. The Labute approximate surface area is 138 Å². The first kappa shape index (κ1) is 14.6. The maximum Gasteiger partial charge on any atom is 0.236 e. The molecule has 1 unspecified atom stereocenters. The predicted molar refractivity (Wildman–Crippen MR) is 86.5 cm³/mol. The second-order valence-electron chi connectivity index (χ2n) is 5.87. The third-order valence-corrected chi connectivity index (χ3v) is 4.20. The summed E-state index contributed by atoms with van der Waals surface area (Å²) in [6.07, 6.45) is 4.64. The number of hydrogen-bond acceptors (Lipinski definition) is 5. The van der Waals surface area contributed by atoms with Gasteiger partial charge in [0.25, 0.3) is 0 Å². The van der Waals surface area contributed by atoms with Gasteiger partial charge in [-0.3, -0.25) is 9.48 Å². The minimum atomic E-state index is -0.0528. The van der Waals surface area contributed by atoms with Gasteiger partial charge >= 0.3 is 0 Å². The molecule has 7 heteroatoms. The first-order valence-corrected chi connectivity index (χ1v) is 7.87. The Morgan fingerprint density at radius 1 is 1.29 bits per heavy atom. The van der Waals surface area contributed by atoms with Gasteiger partial charge in [-0.05, 0) is 24.1 Å². The highest BCUT2D eigenvalue weighted by molar-refractivity contribution is 5.95. The first-order valence-electron chi connectivity index (χ1n) is 7.87. The molecule has 2 aromatic heterocycles. The molecular weight excluding hydrogens is 306 g/mol. The van der Waals surface area contributed by atoms with Crippen LogP contribution >= 0.6 is 0 Å². The Balaban J connectivity index is 1.63. The molecule has 0 saturated carbocycles. The summed E-state index contributed by atoms with van der Waals surface area (Å²) < 4.78 is 7.25. The van der Waals surface area contributed by atoms with Crippen molar-refractivity contribution in [3.63, 3.8) is 0 Å². The van der Waals surface area contributed by atoms with Crippen LogP contribution in [0.15, 0.2) is 47.1 Å². The number of fused-ring (bicyclic) bond motifs is 1. The van der Waals surface area contributed by atoms with Crippen molar-refractivity contribution in [1.82, 2.24) is 20.0 Å². The van der Waals surface area contributed by atoms with Crippen molar-refractivity contribution in [2.45, 2.75) is 25.8 Å². The van der Waals surface area contributed by atoms with Crippen molar-refractivity contribution in [2.75, 3.05) is 11.4 Å². The molecule has 1 amide bonds. The Bertz CT molecular complexity index is 856. The van der Waals surface area contributed by atoms with E-state index in [1.807, 2.05) is 35.1 Å². The fourth-order valence-electron chi connectivity index (χ4n) is 3.12. The number of hydrogen-bond donors (Lipinski definition) is 0. The van der Waals surface area contributed by atoms with E-state index >= 15 is 0 Å². The second kappa shape index (κ2) is 5.92. The van der Waals surface area contributed by atoms with E-state index < -0.39 is 0 Å². The minimum Gasteiger partial charge on any atom is -0.425 e.